The Balaban J connectivity index is 1.48. The van der Waals surface area contributed by atoms with E-state index >= 15 is 0 Å². The molecule has 9 heteroatoms. The molecule has 1 aliphatic heterocycles. The van der Waals surface area contributed by atoms with E-state index in [1.807, 2.05) is 0 Å². The monoisotopic (exact) mass is 419 g/mol. The van der Waals surface area contributed by atoms with Crippen LogP contribution in [-0.4, -0.2) is 39.9 Å². The third-order valence-corrected chi connectivity index (χ3v) is 6.00. The van der Waals surface area contributed by atoms with Gasteiger partial charge in [0.25, 0.3) is 0 Å². The molecule has 0 bridgehead atoms. The van der Waals surface area contributed by atoms with Crippen LogP contribution in [0.4, 0.5) is 10.1 Å². The fraction of sp³-hybridized carbons (Fsp3) is 0.300. The highest BCUT2D eigenvalue weighted by Crippen LogP contribution is 2.22. The minimum Gasteiger partial charge on any atom is -0.355 e. The highest BCUT2D eigenvalue weighted by Gasteiger charge is 2.22. The summed E-state index contributed by atoms with van der Waals surface area (Å²) >= 11 is 0. The molecule has 0 saturated carbocycles. The van der Waals surface area contributed by atoms with E-state index in [-0.39, 0.29) is 23.2 Å². The summed E-state index contributed by atoms with van der Waals surface area (Å²) < 4.78 is 40.1. The van der Waals surface area contributed by atoms with Crippen LogP contribution in [0, 0.1) is 5.82 Å². The Kier molecular flexibility index (Phi) is 6.60. The summed E-state index contributed by atoms with van der Waals surface area (Å²) in [6.45, 7) is 0.486. The number of anilines is 1. The number of hydrogen-bond acceptors (Lipinski definition) is 4. The number of sulfonamides is 1. The highest BCUT2D eigenvalue weighted by atomic mass is 32.2. The van der Waals surface area contributed by atoms with Crippen molar-refractivity contribution in [3.8, 4) is 0 Å². The van der Waals surface area contributed by atoms with E-state index in [0.717, 1.165) is 12.0 Å². The summed E-state index contributed by atoms with van der Waals surface area (Å²) in [4.78, 5) is 25.3. The largest absolute Gasteiger partial charge is 0.355 e. The third kappa shape index (κ3) is 5.61. The second-order valence-corrected chi connectivity index (χ2v) is 8.46. The predicted molar refractivity (Wildman–Crippen MR) is 106 cm³/mol. The quantitative estimate of drug-likeness (QED) is 0.679. The molecule has 2 aromatic carbocycles. The first-order valence-electron chi connectivity index (χ1n) is 9.26. The topological polar surface area (TPSA) is 95.6 Å². The lowest BCUT2D eigenvalue weighted by Gasteiger charge is -2.16. The summed E-state index contributed by atoms with van der Waals surface area (Å²) in [5, 5.41) is 2.59. The zero-order chi connectivity index (χ0) is 20.9. The first kappa shape index (κ1) is 20.9. The van der Waals surface area contributed by atoms with Crippen LogP contribution in [0.3, 0.4) is 0 Å². The second-order valence-electron chi connectivity index (χ2n) is 6.70. The van der Waals surface area contributed by atoms with Crippen LogP contribution < -0.4 is 14.9 Å². The van der Waals surface area contributed by atoms with Gasteiger partial charge in [-0.05, 0) is 54.8 Å². The van der Waals surface area contributed by atoms with Gasteiger partial charge in [0.05, 0.1) is 11.4 Å². The number of nitrogens with zero attached hydrogens (tertiary/aromatic N) is 1. The van der Waals surface area contributed by atoms with E-state index in [1.165, 1.54) is 24.3 Å². The molecule has 2 amide bonds. The number of carbonyl (C=O) groups excluding carboxylic acids is 2. The van der Waals surface area contributed by atoms with Crippen LogP contribution in [0.15, 0.2) is 53.4 Å². The van der Waals surface area contributed by atoms with Crippen LogP contribution >= 0.6 is 0 Å². The Morgan fingerprint density at radius 3 is 2.55 bits per heavy atom. The van der Waals surface area contributed by atoms with E-state index in [2.05, 4.69) is 10.0 Å². The first-order chi connectivity index (χ1) is 13.8. The molecule has 3 rings (SSSR count). The second kappa shape index (κ2) is 9.15. The Bertz CT molecular complexity index is 993. The zero-order valence-corrected chi connectivity index (χ0v) is 16.5. The van der Waals surface area contributed by atoms with E-state index < -0.39 is 22.5 Å². The standard InChI is InChI=1S/C20H22FN3O4S/c21-16-4-1-3-15(13-16)10-11-22-19(25)14-23-29(27,28)18-8-6-17(7-9-18)24-12-2-5-20(24)26/h1,3-4,6-9,13,23H,2,5,10-12,14H2,(H,22,25). The fourth-order valence-electron chi connectivity index (χ4n) is 3.07. The molecule has 1 fully saturated rings. The normalized spacial score (nSPS) is 14.2. The fourth-order valence-corrected chi connectivity index (χ4v) is 4.05. The molecule has 0 aromatic heterocycles. The van der Waals surface area contributed by atoms with Crippen molar-refractivity contribution < 1.29 is 22.4 Å². The van der Waals surface area contributed by atoms with E-state index in [1.54, 1.807) is 29.2 Å². The van der Waals surface area contributed by atoms with Crippen molar-refractivity contribution in [2.75, 3.05) is 24.5 Å². The molecule has 7 nitrogen and oxygen atoms in total. The number of benzene rings is 2. The molecule has 1 saturated heterocycles. The third-order valence-electron chi connectivity index (χ3n) is 4.58. The van der Waals surface area contributed by atoms with Gasteiger partial charge in [-0.15, -0.1) is 0 Å². The first-order valence-corrected chi connectivity index (χ1v) is 10.7. The molecular weight excluding hydrogens is 397 g/mol. The maximum atomic E-state index is 13.1. The van der Waals surface area contributed by atoms with Crippen molar-refractivity contribution in [2.24, 2.45) is 0 Å². The van der Waals surface area contributed by atoms with Crippen LogP contribution in [0.25, 0.3) is 0 Å². The minimum atomic E-state index is -3.86. The molecule has 154 valence electrons. The van der Waals surface area contributed by atoms with Gasteiger partial charge in [-0.3, -0.25) is 9.59 Å². The zero-order valence-electron chi connectivity index (χ0n) is 15.7. The maximum Gasteiger partial charge on any atom is 0.241 e. The number of nitrogens with one attached hydrogen (secondary N) is 2. The van der Waals surface area contributed by atoms with Gasteiger partial charge in [0.2, 0.25) is 21.8 Å². The number of rotatable bonds is 8. The molecule has 2 N–H and O–H groups in total. The Hall–Kier alpha value is -2.78. The average molecular weight is 419 g/mol. The Labute approximate surface area is 169 Å². The number of carbonyl (C=O) groups is 2. The van der Waals surface area contributed by atoms with Crippen molar-refractivity contribution in [3.05, 3.63) is 59.9 Å². The Morgan fingerprint density at radius 1 is 1.14 bits per heavy atom. The van der Waals surface area contributed by atoms with Crippen molar-refractivity contribution in [2.45, 2.75) is 24.2 Å². The van der Waals surface area contributed by atoms with Gasteiger partial charge in [0.15, 0.2) is 0 Å². The van der Waals surface area contributed by atoms with Crippen molar-refractivity contribution in [1.29, 1.82) is 0 Å². The summed E-state index contributed by atoms with van der Waals surface area (Å²) in [5.74, 6) is -0.806. The molecular formula is C20H22FN3O4S. The van der Waals surface area contributed by atoms with Gasteiger partial charge in [-0.2, -0.15) is 0 Å². The lowest BCUT2D eigenvalue weighted by atomic mass is 10.1. The molecule has 1 aliphatic rings. The van der Waals surface area contributed by atoms with Gasteiger partial charge in [0, 0.05) is 25.2 Å². The molecule has 0 unspecified atom stereocenters. The predicted octanol–water partition coefficient (Wildman–Crippen LogP) is 1.59. The number of hydrogen-bond donors (Lipinski definition) is 2. The summed E-state index contributed by atoms with van der Waals surface area (Å²) in [5.41, 5.74) is 1.39. The molecule has 2 aromatic rings. The van der Waals surface area contributed by atoms with Crippen molar-refractivity contribution in [3.63, 3.8) is 0 Å². The number of amides is 2. The van der Waals surface area contributed by atoms with E-state index in [0.29, 0.717) is 25.1 Å². The molecule has 29 heavy (non-hydrogen) atoms. The molecule has 0 radical (unpaired) electrons. The van der Waals surface area contributed by atoms with Crippen LogP contribution in [0.1, 0.15) is 18.4 Å². The van der Waals surface area contributed by atoms with Crippen LogP contribution in [-0.2, 0) is 26.0 Å². The highest BCUT2D eigenvalue weighted by molar-refractivity contribution is 7.89. The average Bonchev–Trinajstić information content (AvgIpc) is 3.13. The summed E-state index contributed by atoms with van der Waals surface area (Å²) in [6.07, 6.45) is 1.72. The number of halogens is 1. The van der Waals surface area contributed by atoms with Gasteiger partial charge in [-0.25, -0.2) is 17.5 Å². The van der Waals surface area contributed by atoms with Gasteiger partial charge >= 0.3 is 0 Å². The summed E-state index contributed by atoms with van der Waals surface area (Å²) in [6, 6.07) is 12.0. The lowest BCUT2D eigenvalue weighted by molar-refractivity contribution is -0.120. The van der Waals surface area contributed by atoms with Gasteiger partial charge in [0.1, 0.15) is 5.82 Å². The minimum absolute atomic E-state index is 0.0143. The van der Waals surface area contributed by atoms with Gasteiger partial charge in [-0.1, -0.05) is 12.1 Å². The van der Waals surface area contributed by atoms with E-state index in [9.17, 15) is 22.4 Å². The van der Waals surface area contributed by atoms with Gasteiger partial charge < -0.3 is 10.2 Å². The SMILES string of the molecule is O=C(CNS(=O)(=O)c1ccc(N2CCCC2=O)cc1)NCCc1cccc(F)c1. The summed E-state index contributed by atoms with van der Waals surface area (Å²) in [7, 11) is -3.86. The molecule has 0 atom stereocenters. The van der Waals surface area contributed by atoms with E-state index in [4.69, 9.17) is 0 Å². The van der Waals surface area contributed by atoms with Crippen molar-refractivity contribution in [1.82, 2.24) is 10.0 Å². The van der Waals surface area contributed by atoms with Crippen LogP contribution in [0.5, 0.6) is 0 Å². The lowest BCUT2D eigenvalue weighted by Crippen LogP contribution is -2.37. The molecule has 1 heterocycles. The van der Waals surface area contributed by atoms with Crippen molar-refractivity contribution >= 4 is 27.5 Å². The van der Waals surface area contributed by atoms with Crippen LogP contribution in [0.2, 0.25) is 0 Å². The maximum absolute atomic E-state index is 13.1. The smallest absolute Gasteiger partial charge is 0.241 e. The molecule has 0 aliphatic carbocycles. The molecule has 0 spiro atoms. The Morgan fingerprint density at radius 2 is 1.90 bits per heavy atom.